The van der Waals surface area contributed by atoms with Crippen LogP contribution < -0.4 is 0 Å². The third-order valence-corrected chi connectivity index (χ3v) is 6.20. The fourth-order valence-electron chi connectivity index (χ4n) is 4.17. The summed E-state index contributed by atoms with van der Waals surface area (Å²) in [6.07, 6.45) is 25.0. The Morgan fingerprint density at radius 2 is 0.867 bits per heavy atom. The van der Waals surface area contributed by atoms with E-state index < -0.39 is 11.9 Å². The van der Waals surface area contributed by atoms with Crippen LogP contribution in [0.4, 0.5) is 0 Å². The van der Waals surface area contributed by atoms with E-state index in [9.17, 15) is 14.7 Å². The number of hydrogen-bond acceptors (Lipinski definition) is 2. The molecule has 0 saturated carbocycles. The minimum atomic E-state index is -0.728. The third-order valence-electron chi connectivity index (χ3n) is 6.20. The SMILES string of the molecule is CCCCCCCCCCCCCCCCC(CCCCCCCC(=O)O)C(=O)O. The molecular formula is C26H50O4. The summed E-state index contributed by atoms with van der Waals surface area (Å²) in [4.78, 5) is 21.9. The predicted octanol–water partition coefficient (Wildman–Crippen LogP) is 8.37. The average Bonchev–Trinajstić information content (AvgIpc) is 2.71. The molecule has 0 aromatic rings. The second-order valence-corrected chi connectivity index (χ2v) is 9.12. The molecular weight excluding hydrogens is 376 g/mol. The van der Waals surface area contributed by atoms with Crippen LogP contribution in [0.1, 0.15) is 148 Å². The molecule has 0 aliphatic heterocycles. The minimum Gasteiger partial charge on any atom is -0.481 e. The van der Waals surface area contributed by atoms with Gasteiger partial charge >= 0.3 is 11.9 Å². The van der Waals surface area contributed by atoms with Gasteiger partial charge in [-0.15, -0.1) is 0 Å². The van der Waals surface area contributed by atoms with Crippen LogP contribution in [-0.2, 0) is 9.59 Å². The fourth-order valence-corrected chi connectivity index (χ4v) is 4.17. The molecule has 0 saturated heterocycles. The average molecular weight is 427 g/mol. The molecule has 30 heavy (non-hydrogen) atoms. The molecule has 0 bridgehead atoms. The molecule has 0 heterocycles. The van der Waals surface area contributed by atoms with Crippen LogP contribution in [-0.4, -0.2) is 22.2 Å². The molecule has 0 aromatic carbocycles. The Morgan fingerprint density at radius 1 is 0.533 bits per heavy atom. The Labute approximate surface area is 186 Å². The molecule has 0 rings (SSSR count). The van der Waals surface area contributed by atoms with Gasteiger partial charge in [0.1, 0.15) is 0 Å². The lowest BCUT2D eigenvalue weighted by molar-refractivity contribution is -0.142. The smallest absolute Gasteiger partial charge is 0.306 e. The first-order valence-corrected chi connectivity index (χ1v) is 13.0. The lowest BCUT2D eigenvalue weighted by Crippen LogP contribution is -2.13. The number of unbranched alkanes of at least 4 members (excludes halogenated alkanes) is 17. The first-order chi connectivity index (χ1) is 14.6. The van der Waals surface area contributed by atoms with Gasteiger partial charge in [-0.25, -0.2) is 0 Å². The Balaban J connectivity index is 3.43. The molecule has 0 aliphatic rings. The second-order valence-electron chi connectivity index (χ2n) is 9.12. The van der Waals surface area contributed by atoms with Crippen LogP contribution in [0.2, 0.25) is 0 Å². The normalized spacial score (nSPS) is 12.2. The maximum atomic E-state index is 11.4. The lowest BCUT2D eigenvalue weighted by atomic mass is 9.94. The standard InChI is InChI=1S/C26H50O4/c1-2-3-4-5-6-7-8-9-10-11-12-13-15-18-21-24(26(29)30)22-19-16-14-17-20-23-25(27)28/h24H,2-23H2,1H3,(H,27,28)(H,29,30). The Kier molecular flexibility index (Phi) is 21.8. The Bertz CT molecular complexity index is 394. The summed E-state index contributed by atoms with van der Waals surface area (Å²) in [5.74, 6) is -1.56. The van der Waals surface area contributed by atoms with Crippen LogP contribution in [0.15, 0.2) is 0 Å². The topological polar surface area (TPSA) is 74.6 Å². The maximum Gasteiger partial charge on any atom is 0.306 e. The molecule has 4 heteroatoms. The number of hydrogen-bond donors (Lipinski definition) is 2. The molecule has 0 fully saturated rings. The number of carboxylic acids is 2. The molecule has 1 unspecified atom stereocenters. The molecule has 1 atom stereocenters. The van der Waals surface area contributed by atoms with Gasteiger partial charge in [0, 0.05) is 6.42 Å². The van der Waals surface area contributed by atoms with Crippen molar-refractivity contribution in [2.75, 3.05) is 0 Å². The van der Waals surface area contributed by atoms with Crippen molar-refractivity contribution in [1.82, 2.24) is 0 Å². The molecule has 0 aromatic heterocycles. The summed E-state index contributed by atoms with van der Waals surface area (Å²) in [6.45, 7) is 2.27. The van der Waals surface area contributed by atoms with Crippen molar-refractivity contribution in [1.29, 1.82) is 0 Å². The number of carboxylic acid groups (broad SMARTS) is 2. The second kappa shape index (κ2) is 22.6. The molecule has 0 aliphatic carbocycles. The van der Waals surface area contributed by atoms with Crippen LogP contribution >= 0.6 is 0 Å². The highest BCUT2D eigenvalue weighted by Crippen LogP contribution is 2.20. The van der Waals surface area contributed by atoms with Gasteiger partial charge in [0.25, 0.3) is 0 Å². The van der Waals surface area contributed by atoms with Gasteiger partial charge in [0.05, 0.1) is 5.92 Å². The Morgan fingerprint density at radius 3 is 1.20 bits per heavy atom. The van der Waals surface area contributed by atoms with Gasteiger partial charge in [0.2, 0.25) is 0 Å². The predicted molar refractivity (Wildman–Crippen MR) is 126 cm³/mol. The van der Waals surface area contributed by atoms with Gasteiger partial charge in [-0.3, -0.25) is 9.59 Å². The van der Waals surface area contributed by atoms with E-state index in [4.69, 9.17) is 5.11 Å². The van der Waals surface area contributed by atoms with Crippen molar-refractivity contribution in [2.45, 2.75) is 148 Å². The van der Waals surface area contributed by atoms with Crippen molar-refractivity contribution < 1.29 is 19.8 Å². The van der Waals surface area contributed by atoms with E-state index in [2.05, 4.69) is 6.92 Å². The molecule has 0 amide bonds. The highest BCUT2D eigenvalue weighted by Gasteiger charge is 2.16. The number of aliphatic carboxylic acids is 2. The largest absolute Gasteiger partial charge is 0.481 e. The zero-order chi connectivity index (χ0) is 22.3. The summed E-state index contributed by atoms with van der Waals surface area (Å²) in [5, 5.41) is 18.0. The number of rotatable bonds is 24. The van der Waals surface area contributed by atoms with Gasteiger partial charge in [-0.05, 0) is 19.3 Å². The van der Waals surface area contributed by atoms with Gasteiger partial charge in [-0.2, -0.15) is 0 Å². The summed E-state index contributed by atoms with van der Waals surface area (Å²) < 4.78 is 0. The summed E-state index contributed by atoms with van der Waals surface area (Å²) in [6, 6.07) is 0. The van der Waals surface area contributed by atoms with Gasteiger partial charge < -0.3 is 10.2 Å². The van der Waals surface area contributed by atoms with Crippen molar-refractivity contribution in [2.24, 2.45) is 5.92 Å². The zero-order valence-corrected chi connectivity index (χ0v) is 19.8. The van der Waals surface area contributed by atoms with Crippen molar-refractivity contribution in [3.05, 3.63) is 0 Å². The van der Waals surface area contributed by atoms with E-state index in [1.54, 1.807) is 0 Å². The van der Waals surface area contributed by atoms with Gasteiger partial charge in [0.15, 0.2) is 0 Å². The maximum absolute atomic E-state index is 11.4. The van der Waals surface area contributed by atoms with Gasteiger partial charge in [-0.1, -0.05) is 122 Å². The van der Waals surface area contributed by atoms with Crippen molar-refractivity contribution in [3.8, 4) is 0 Å². The summed E-state index contributed by atoms with van der Waals surface area (Å²) in [5.41, 5.74) is 0. The molecule has 178 valence electrons. The molecule has 0 spiro atoms. The first kappa shape index (κ1) is 28.9. The van der Waals surface area contributed by atoms with E-state index in [-0.39, 0.29) is 12.3 Å². The highest BCUT2D eigenvalue weighted by molar-refractivity contribution is 5.69. The fraction of sp³-hybridized carbons (Fsp3) is 0.923. The van der Waals surface area contributed by atoms with E-state index >= 15 is 0 Å². The minimum absolute atomic E-state index is 0.193. The first-order valence-electron chi connectivity index (χ1n) is 13.0. The monoisotopic (exact) mass is 426 g/mol. The molecule has 4 nitrogen and oxygen atoms in total. The van der Waals surface area contributed by atoms with E-state index in [1.807, 2.05) is 0 Å². The van der Waals surface area contributed by atoms with E-state index in [0.717, 1.165) is 57.8 Å². The lowest BCUT2D eigenvalue weighted by Gasteiger charge is -2.12. The van der Waals surface area contributed by atoms with E-state index in [1.165, 1.54) is 77.0 Å². The number of carbonyl (C=O) groups is 2. The van der Waals surface area contributed by atoms with E-state index in [0.29, 0.717) is 0 Å². The van der Waals surface area contributed by atoms with Crippen LogP contribution in [0.3, 0.4) is 0 Å². The molecule has 2 N–H and O–H groups in total. The Hall–Kier alpha value is -1.06. The van der Waals surface area contributed by atoms with Crippen LogP contribution in [0.25, 0.3) is 0 Å². The van der Waals surface area contributed by atoms with Crippen molar-refractivity contribution >= 4 is 11.9 Å². The zero-order valence-electron chi connectivity index (χ0n) is 19.8. The van der Waals surface area contributed by atoms with Crippen LogP contribution in [0.5, 0.6) is 0 Å². The molecule has 0 radical (unpaired) electrons. The highest BCUT2D eigenvalue weighted by atomic mass is 16.4. The quantitative estimate of drug-likeness (QED) is 0.152. The third kappa shape index (κ3) is 21.6. The van der Waals surface area contributed by atoms with Crippen LogP contribution in [0, 0.1) is 5.92 Å². The van der Waals surface area contributed by atoms with Crippen molar-refractivity contribution in [3.63, 3.8) is 0 Å². The summed E-state index contributed by atoms with van der Waals surface area (Å²) >= 11 is 0. The summed E-state index contributed by atoms with van der Waals surface area (Å²) in [7, 11) is 0.